The number of carbonyl (C=O) groups excluding carboxylic acids is 2. The number of nitrogens with one attached hydrogen (secondary N) is 1. The number of hydrogen-bond acceptors (Lipinski definition) is 3. The van der Waals surface area contributed by atoms with E-state index in [4.69, 9.17) is 5.73 Å². The molecule has 5 heteroatoms. The summed E-state index contributed by atoms with van der Waals surface area (Å²) in [5.41, 5.74) is 4.50. The summed E-state index contributed by atoms with van der Waals surface area (Å²) in [6.45, 7) is 10.8. The van der Waals surface area contributed by atoms with Crippen molar-refractivity contribution in [3.63, 3.8) is 0 Å². The highest BCUT2D eigenvalue weighted by Crippen LogP contribution is 2.10. The largest absolute Gasteiger partial charge is 0.368 e. The van der Waals surface area contributed by atoms with Crippen LogP contribution in [0.1, 0.15) is 34.6 Å². The Balaban J connectivity index is 4.78. The van der Waals surface area contributed by atoms with Crippen LogP contribution in [0, 0.1) is 5.92 Å². The van der Waals surface area contributed by atoms with Crippen LogP contribution in [0.4, 0.5) is 0 Å². The maximum Gasteiger partial charge on any atom is 0.242 e. The molecular formula is C12H25N3O2. The summed E-state index contributed by atoms with van der Waals surface area (Å²) in [7, 11) is 0. The van der Waals surface area contributed by atoms with Crippen molar-refractivity contribution < 1.29 is 9.59 Å². The third-order valence-electron chi connectivity index (χ3n) is 2.37. The van der Waals surface area contributed by atoms with Gasteiger partial charge in [-0.05, 0) is 26.3 Å². The Morgan fingerprint density at radius 1 is 1.35 bits per heavy atom. The van der Waals surface area contributed by atoms with Gasteiger partial charge in [0.15, 0.2) is 0 Å². The molecule has 0 fully saturated rings. The molecule has 0 unspecified atom stereocenters. The summed E-state index contributed by atoms with van der Waals surface area (Å²) in [4.78, 5) is 24.8. The molecule has 0 aliphatic carbocycles. The first-order valence-electron chi connectivity index (χ1n) is 6.03. The van der Waals surface area contributed by atoms with E-state index in [-0.39, 0.29) is 12.5 Å². The highest BCUT2D eigenvalue weighted by Gasteiger charge is 2.31. The fraction of sp³-hybridized carbons (Fsp3) is 0.833. The molecule has 0 bridgehead atoms. The van der Waals surface area contributed by atoms with Crippen molar-refractivity contribution in [3.8, 4) is 0 Å². The van der Waals surface area contributed by atoms with Gasteiger partial charge in [0.05, 0.1) is 12.1 Å². The fourth-order valence-electron chi connectivity index (χ4n) is 1.76. The minimum Gasteiger partial charge on any atom is -0.368 e. The molecule has 0 aromatic rings. The van der Waals surface area contributed by atoms with Crippen molar-refractivity contribution in [1.82, 2.24) is 10.2 Å². The lowest BCUT2D eigenvalue weighted by atomic mass is 10.0. The molecule has 0 aromatic carbocycles. The van der Waals surface area contributed by atoms with Crippen LogP contribution in [0.5, 0.6) is 0 Å². The summed E-state index contributed by atoms with van der Waals surface area (Å²) in [5.74, 6) is -0.270. The topological polar surface area (TPSA) is 75.4 Å². The van der Waals surface area contributed by atoms with Crippen LogP contribution in [0.2, 0.25) is 0 Å². The number of rotatable bonds is 7. The van der Waals surface area contributed by atoms with Crippen molar-refractivity contribution >= 4 is 11.8 Å². The van der Waals surface area contributed by atoms with Crippen LogP contribution in [0.3, 0.4) is 0 Å². The van der Waals surface area contributed by atoms with Crippen LogP contribution < -0.4 is 11.1 Å². The number of nitrogens with two attached hydrogens (primary N) is 1. The van der Waals surface area contributed by atoms with Crippen LogP contribution in [-0.4, -0.2) is 41.9 Å². The lowest BCUT2D eigenvalue weighted by Crippen LogP contribution is -2.56. The first-order valence-corrected chi connectivity index (χ1v) is 6.03. The molecule has 0 aromatic heterocycles. The van der Waals surface area contributed by atoms with E-state index in [1.165, 1.54) is 4.90 Å². The lowest BCUT2D eigenvalue weighted by Gasteiger charge is -2.32. The monoisotopic (exact) mass is 243 g/mol. The van der Waals surface area contributed by atoms with Crippen molar-refractivity contribution in [2.24, 2.45) is 11.7 Å². The number of hydrogen-bond donors (Lipinski definition) is 2. The van der Waals surface area contributed by atoms with Gasteiger partial charge < -0.3 is 16.0 Å². The van der Waals surface area contributed by atoms with E-state index < -0.39 is 11.4 Å². The average molecular weight is 243 g/mol. The summed E-state index contributed by atoms with van der Waals surface area (Å²) >= 11 is 0. The molecular weight excluding hydrogens is 218 g/mol. The molecule has 0 heterocycles. The summed E-state index contributed by atoms with van der Waals surface area (Å²) < 4.78 is 0. The van der Waals surface area contributed by atoms with Crippen molar-refractivity contribution in [2.45, 2.75) is 40.2 Å². The highest BCUT2D eigenvalue weighted by molar-refractivity contribution is 5.89. The van der Waals surface area contributed by atoms with E-state index in [1.807, 2.05) is 34.6 Å². The van der Waals surface area contributed by atoms with E-state index in [0.29, 0.717) is 19.0 Å². The molecule has 0 aliphatic rings. The minimum absolute atomic E-state index is 0.0220. The number of likely N-dealkylation sites (N-methyl/N-ethyl adjacent to an activating group) is 1. The molecule has 0 radical (unpaired) electrons. The number of carbonyl (C=O) groups is 2. The Labute approximate surface area is 104 Å². The molecule has 0 saturated carbocycles. The van der Waals surface area contributed by atoms with E-state index in [1.54, 1.807) is 0 Å². The highest BCUT2D eigenvalue weighted by atomic mass is 16.2. The second-order valence-corrected chi connectivity index (χ2v) is 5.20. The molecule has 0 spiro atoms. The molecule has 0 atom stereocenters. The summed E-state index contributed by atoms with van der Waals surface area (Å²) in [6, 6.07) is 0. The first-order chi connectivity index (χ1) is 7.70. The average Bonchev–Trinajstić information content (AvgIpc) is 2.13. The van der Waals surface area contributed by atoms with Gasteiger partial charge in [-0.25, -0.2) is 0 Å². The Kier molecular flexibility index (Phi) is 6.16. The fourth-order valence-corrected chi connectivity index (χ4v) is 1.76. The zero-order chi connectivity index (χ0) is 13.6. The van der Waals surface area contributed by atoms with Gasteiger partial charge in [0.2, 0.25) is 11.8 Å². The smallest absolute Gasteiger partial charge is 0.242 e. The predicted octanol–water partition coefficient (Wildman–Crippen LogP) is 0.344. The maximum atomic E-state index is 12.3. The minimum atomic E-state index is -0.668. The number of primary amides is 1. The Morgan fingerprint density at radius 3 is 2.24 bits per heavy atom. The van der Waals surface area contributed by atoms with Gasteiger partial charge in [-0.1, -0.05) is 20.8 Å². The van der Waals surface area contributed by atoms with Gasteiger partial charge in [-0.2, -0.15) is 0 Å². The SMILES string of the molecule is CCNC(C)(C)C(=O)N(CC(N)=O)CC(C)C. The van der Waals surface area contributed by atoms with Gasteiger partial charge in [-0.3, -0.25) is 9.59 Å². The zero-order valence-corrected chi connectivity index (χ0v) is 11.5. The number of nitrogens with zero attached hydrogens (tertiary/aromatic N) is 1. The predicted molar refractivity (Wildman–Crippen MR) is 68.4 cm³/mol. The van der Waals surface area contributed by atoms with E-state index in [9.17, 15) is 9.59 Å². The van der Waals surface area contributed by atoms with E-state index >= 15 is 0 Å². The van der Waals surface area contributed by atoms with Gasteiger partial charge in [0.25, 0.3) is 0 Å². The molecule has 0 saturated heterocycles. The molecule has 5 nitrogen and oxygen atoms in total. The molecule has 0 rings (SSSR count). The molecule has 0 aliphatic heterocycles. The van der Waals surface area contributed by atoms with E-state index in [2.05, 4.69) is 5.32 Å². The molecule has 2 amide bonds. The lowest BCUT2D eigenvalue weighted by molar-refractivity contribution is -0.140. The third kappa shape index (κ3) is 5.68. The van der Waals surface area contributed by atoms with Crippen molar-refractivity contribution in [3.05, 3.63) is 0 Å². The number of amides is 2. The second-order valence-electron chi connectivity index (χ2n) is 5.20. The second kappa shape index (κ2) is 6.59. The maximum absolute atomic E-state index is 12.3. The van der Waals surface area contributed by atoms with Gasteiger partial charge in [-0.15, -0.1) is 0 Å². The van der Waals surface area contributed by atoms with Crippen LogP contribution in [0.15, 0.2) is 0 Å². The van der Waals surface area contributed by atoms with E-state index in [0.717, 1.165) is 0 Å². The Bertz CT molecular complexity index is 275. The Hall–Kier alpha value is -1.10. The van der Waals surface area contributed by atoms with Crippen molar-refractivity contribution in [2.75, 3.05) is 19.6 Å². The van der Waals surface area contributed by atoms with Gasteiger partial charge in [0, 0.05) is 6.54 Å². The standard InChI is InChI=1S/C12H25N3O2/c1-6-14-12(4,5)11(17)15(7-9(2)3)8-10(13)16/h9,14H,6-8H2,1-5H3,(H2,13,16). The zero-order valence-electron chi connectivity index (χ0n) is 11.5. The molecule has 3 N–H and O–H groups in total. The van der Waals surface area contributed by atoms with Crippen LogP contribution in [0.25, 0.3) is 0 Å². The summed E-state index contributed by atoms with van der Waals surface area (Å²) in [6.07, 6.45) is 0. The molecule has 100 valence electrons. The van der Waals surface area contributed by atoms with Crippen LogP contribution >= 0.6 is 0 Å². The molecule has 17 heavy (non-hydrogen) atoms. The quantitative estimate of drug-likeness (QED) is 0.677. The first kappa shape index (κ1) is 15.9. The third-order valence-corrected chi connectivity index (χ3v) is 2.37. The normalized spacial score (nSPS) is 11.6. The van der Waals surface area contributed by atoms with Gasteiger partial charge >= 0.3 is 0 Å². The van der Waals surface area contributed by atoms with Gasteiger partial charge in [0.1, 0.15) is 0 Å². The summed E-state index contributed by atoms with van der Waals surface area (Å²) in [5, 5.41) is 3.11. The van der Waals surface area contributed by atoms with Crippen molar-refractivity contribution in [1.29, 1.82) is 0 Å². The van der Waals surface area contributed by atoms with Crippen LogP contribution in [-0.2, 0) is 9.59 Å². The Morgan fingerprint density at radius 2 is 1.88 bits per heavy atom.